The van der Waals surface area contributed by atoms with E-state index >= 15 is 0 Å². The lowest BCUT2D eigenvalue weighted by Crippen LogP contribution is -2.47. The maximum Gasteiger partial charge on any atom is 0.252 e. The second kappa shape index (κ2) is 14.6. The molecule has 5 aromatic carbocycles. The third kappa shape index (κ3) is 7.89. The number of sulfonamides is 1. The van der Waals surface area contributed by atoms with E-state index in [1.54, 1.807) is 0 Å². The Balaban J connectivity index is 1.42. The molecule has 0 unspecified atom stereocenters. The first-order valence-electron chi connectivity index (χ1n) is 14.7. The van der Waals surface area contributed by atoms with E-state index in [0.29, 0.717) is 5.56 Å². The van der Waals surface area contributed by atoms with Gasteiger partial charge in [0, 0.05) is 11.6 Å². The summed E-state index contributed by atoms with van der Waals surface area (Å²) in [5, 5.41) is 6.28. The number of rotatable bonds is 12. The molecule has 44 heavy (non-hydrogen) atoms. The largest absolute Gasteiger partial charge is 0.348 e. The second-order valence-corrected chi connectivity index (χ2v) is 15.0. The van der Waals surface area contributed by atoms with Crippen LogP contribution < -0.4 is 26.0 Å². The fourth-order valence-corrected chi connectivity index (χ4v) is 9.29. The molecule has 0 fully saturated rings. The highest BCUT2D eigenvalue weighted by Gasteiger charge is 2.29. The van der Waals surface area contributed by atoms with E-state index in [1.165, 1.54) is 0 Å². The molecule has 0 aromatic heterocycles. The summed E-state index contributed by atoms with van der Waals surface area (Å²) < 4.78 is 30.3. The van der Waals surface area contributed by atoms with E-state index in [1.807, 2.05) is 135 Å². The van der Waals surface area contributed by atoms with Gasteiger partial charge in [0.2, 0.25) is 10.0 Å². The smallest absolute Gasteiger partial charge is 0.252 e. The van der Waals surface area contributed by atoms with Gasteiger partial charge in [-0.05, 0) is 46.9 Å². The van der Waals surface area contributed by atoms with E-state index < -0.39 is 30.0 Å². The summed E-state index contributed by atoms with van der Waals surface area (Å²) in [6, 6.07) is 46.0. The fraction of sp³-hybridized carbons (Fsp3) is 0.162. The average molecular weight is 621 g/mol. The fourth-order valence-electron chi connectivity index (χ4n) is 5.17. The zero-order valence-electron chi connectivity index (χ0n) is 24.9. The van der Waals surface area contributed by atoms with Gasteiger partial charge in [-0.25, -0.2) is 13.1 Å². The van der Waals surface area contributed by atoms with Crippen molar-refractivity contribution < 1.29 is 13.2 Å². The van der Waals surface area contributed by atoms with Crippen LogP contribution in [0.5, 0.6) is 0 Å². The van der Waals surface area contributed by atoms with Crippen LogP contribution >= 0.6 is 7.92 Å². The van der Waals surface area contributed by atoms with Crippen molar-refractivity contribution in [1.82, 2.24) is 10.0 Å². The molecule has 5 aromatic rings. The molecule has 2 N–H and O–H groups in total. The van der Waals surface area contributed by atoms with Crippen molar-refractivity contribution in [3.05, 3.63) is 162 Å². The first-order valence-corrected chi connectivity index (χ1v) is 17.7. The Morgan fingerprint density at radius 2 is 1.07 bits per heavy atom. The quantitative estimate of drug-likeness (QED) is 0.171. The molecule has 224 valence electrons. The minimum atomic E-state index is -3.82. The number of amides is 1. The minimum absolute atomic E-state index is 0.126. The van der Waals surface area contributed by atoms with E-state index in [9.17, 15) is 13.2 Å². The Morgan fingerprint density at radius 1 is 0.636 bits per heavy atom. The zero-order chi connectivity index (χ0) is 30.9. The van der Waals surface area contributed by atoms with Gasteiger partial charge in [0.05, 0.1) is 11.8 Å². The van der Waals surface area contributed by atoms with Gasteiger partial charge in [-0.3, -0.25) is 4.79 Å². The summed E-state index contributed by atoms with van der Waals surface area (Å²) in [4.78, 5) is 14.0. The van der Waals surface area contributed by atoms with Crippen molar-refractivity contribution in [2.75, 3.05) is 5.75 Å². The molecule has 5 rings (SSSR count). The van der Waals surface area contributed by atoms with Gasteiger partial charge in [0.1, 0.15) is 0 Å². The number of hydrogen-bond acceptors (Lipinski definition) is 3. The number of carbonyl (C=O) groups is 1. The SMILES string of the molecule is CC(C)[C@@H](CS(=O)(=O)NC(c1ccccc1)c1ccccc1)NC(=O)c1ccccc1P(c1ccccc1)c1ccccc1. The molecular formula is C37H37N2O3PS. The number of nitrogens with one attached hydrogen (secondary N) is 2. The van der Waals surface area contributed by atoms with Crippen LogP contribution in [0, 0.1) is 5.92 Å². The molecule has 1 atom stereocenters. The molecule has 0 saturated heterocycles. The molecule has 0 spiro atoms. The molecule has 0 saturated carbocycles. The predicted molar refractivity (Wildman–Crippen MR) is 183 cm³/mol. The van der Waals surface area contributed by atoms with Gasteiger partial charge in [-0.2, -0.15) is 0 Å². The Bertz CT molecular complexity index is 1670. The third-order valence-electron chi connectivity index (χ3n) is 7.50. The van der Waals surface area contributed by atoms with Crippen LogP contribution in [0.2, 0.25) is 0 Å². The highest BCUT2D eigenvalue weighted by atomic mass is 32.2. The van der Waals surface area contributed by atoms with Crippen LogP contribution in [0.3, 0.4) is 0 Å². The van der Waals surface area contributed by atoms with Crippen LogP contribution in [0.1, 0.15) is 41.4 Å². The molecule has 7 heteroatoms. The number of hydrogen-bond donors (Lipinski definition) is 2. The van der Waals surface area contributed by atoms with Crippen molar-refractivity contribution in [2.45, 2.75) is 25.9 Å². The van der Waals surface area contributed by atoms with Gasteiger partial charge in [0.15, 0.2) is 0 Å². The van der Waals surface area contributed by atoms with E-state index in [4.69, 9.17) is 0 Å². The minimum Gasteiger partial charge on any atom is -0.348 e. The van der Waals surface area contributed by atoms with Crippen LogP contribution in [-0.4, -0.2) is 26.1 Å². The Hall–Kier alpha value is -4.09. The lowest BCUT2D eigenvalue weighted by molar-refractivity contribution is 0.0932. The van der Waals surface area contributed by atoms with Crippen LogP contribution in [0.4, 0.5) is 0 Å². The summed E-state index contributed by atoms with van der Waals surface area (Å²) in [5.74, 6) is -0.656. The second-order valence-electron chi connectivity index (χ2n) is 11.0. The highest BCUT2D eigenvalue weighted by molar-refractivity contribution is 7.89. The summed E-state index contributed by atoms with van der Waals surface area (Å²) in [5.41, 5.74) is 2.24. The van der Waals surface area contributed by atoms with Crippen LogP contribution in [0.15, 0.2) is 146 Å². The first-order chi connectivity index (χ1) is 21.3. The molecule has 0 radical (unpaired) electrons. The summed E-state index contributed by atoms with van der Waals surface area (Å²) >= 11 is 0. The van der Waals surface area contributed by atoms with E-state index in [2.05, 4.69) is 34.3 Å². The predicted octanol–water partition coefficient (Wildman–Crippen LogP) is 5.91. The van der Waals surface area contributed by atoms with Gasteiger partial charge in [0.25, 0.3) is 5.91 Å². The topological polar surface area (TPSA) is 75.3 Å². The molecular weight excluding hydrogens is 583 g/mol. The Morgan fingerprint density at radius 3 is 1.55 bits per heavy atom. The van der Waals surface area contributed by atoms with Gasteiger partial charge in [-0.15, -0.1) is 0 Å². The molecule has 0 aliphatic heterocycles. The molecule has 0 bridgehead atoms. The molecule has 0 aliphatic carbocycles. The standard InChI is InChI=1S/C37H37N2O3PS/c1-28(2)34(27-44(41,42)39-36(29-17-7-3-8-18-29)30-19-9-4-10-20-30)38-37(40)33-25-15-16-26-35(33)43(31-21-11-5-12-22-31)32-23-13-6-14-24-32/h3-26,28,34,36,39H,27H2,1-2H3,(H,38,40)/t34-/m1/s1. The van der Waals surface area contributed by atoms with Crippen molar-refractivity contribution in [3.63, 3.8) is 0 Å². The summed E-state index contributed by atoms with van der Waals surface area (Å²) in [7, 11) is -4.84. The lowest BCUT2D eigenvalue weighted by Gasteiger charge is -2.26. The number of carbonyl (C=O) groups excluding carboxylic acids is 1. The molecule has 1 amide bonds. The van der Waals surface area contributed by atoms with Gasteiger partial charge in [-0.1, -0.05) is 153 Å². The first kappa shape index (κ1) is 31.3. The van der Waals surface area contributed by atoms with Crippen LogP contribution in [-0.2, 0) is 10.0 Å². The Labute approximate surface area is 262 Å². The van der Waals surface area contributed by atoms with E-state index in [-0.39, 0.29) is 17.6 Å². The molecule has 0 aliphatic rings. The highest BCUT2D eigenvalue weighted by Crippen LogP contribution is 2.34. The normalized spacial score (nSPS) is 12.4. The van der Waals surface area contributed by atoms with Crippen LogP contribution in [0.25, 0.3) is 0 Å². The van der Waals surface area contributed by atoms with Crippen molar-refractivity contribution in [3.8, 4) is 0 Å². The maximum absolute atomic E-state index is 14.0. The van der Waals surface area contributed by atoms with Crippen molar-refractivity contribution >= 4 is 39.8 Å². The maximum atomic E-state index is 14.0. The third-order valence-corrected chi connectivity index (χ3v) is 11.4. The lowest BCUT2D eigenvalue weighted by atomic mass is 10.00. The monoisotopic (exact) mass is 620 g/mol. The van der Waals surface area contributed by atoms with Gasteiger partial charge >= 0.3 is 0 Å². The molecule has 0 heterocycles. The van der Waals surface area contributed by atoms with Gasteiger partial charge < -0.3 is 5.32 Å². The van der Waals surface area contributed by atoms with Crippen molar-refractivity contribution in [2.24, 2.45) is 5.92 Å². The van der Waals surface area contributed by atoms with Crippen molar-refractivity contribution in [1.29, 1.82) is 0 Å². The summed E-state index contributed by atoms with van der Waals surface area (Å²) in [6.45, 7) is 3.86. The average Bonchev–Trinajstić information content (AvgIpc) is 3.05. The summed E-state index contributed by atoms with van der Waals surface area (Å²) in [6.07, 6.45) is 0. The Kier molecular flexibility index (Phi) is 10.4. The zero-order valence-corrected chi connectivity index (χ0v) is 26.6. The van der Waals surface area contributed by atoms with E-state index in [0.717, 1.165) is 27.0 Å². The number of benzene rings is 5. The molecule has 5 nitrogen and oxygen atoms in total.